The Hall–Kier alpha value is -3.15. The first-order valence-electron chi connectivity index (χ1n) is 11.6. The van der Waals surface area contributed by atoms with Crippen LogP contribution in [0.5, 0.6) is 0 Å². The third-order valence-corrected chi connectivity index (χ3v) is 7.20. The predicted molar refractivity (Wildman–Crippen MR) is 124 cm³/mol. The topological polar surface area (TPSA) is 67.2 Å². The highest BCUT2D eigenvalue weighted by molar-refractivity contribution is 5.98. The number of rotatable bonds is 6. The normalized spacial score (nSPS) is 17.5. The monoisotopic (exact) mass is 430 g/mol. The minimum absolute atomic E-state index is 0.0446. The van der Waals surface area contributed by atoms with Crippen molar-refractivity contribution < 1.29 is 9.59 Å². The lowest BCUT2D eigenvalue weighted by Gasteiger charge is -2.39. The molecule has 32 heavy (non-hydrogen) atoms. The van der Waals surface area contributed by atoms with Crippen molar-refractivity contribution in [1.29, 1.82) is 0 Å². The van der Waals surface area contributed by atoms with Gasteiger partial charge >= 0.3 is 0 Å². The van der Waals surface area contributed by atoms with Crippen LogP contribution in [0.1, 0.15) is 60.3 Å². The zero-order valence-corrected chi connectivity index (χ0v) is 18.6. The molecule has 1 aliphatic carbocycles. The summed E-state index contributed by atoms with van der Waals surface area (Å²) in [5.41, 5.74) is 3.76. The van der Waals surface area contributed by atoms with Gasteiger partial charge in [-0.1, -0.05) is 49.6 Å². The number of para-hydroxylation sites is 2. The SMILES string of the molecule is Cn1c(CNC(=O)CC2(CN3Cc4ccccc4C3=O)CCCCC2)nc2ccccc21. The zero-order chi connectivity index (χ0) is 22.1. The van der Waals surface area contributed by atoms with Crippen LogP contribution in [-0.2, 0) is 24.9 Å². The van der Waals surface area contributed by atoms with Gasteiger partial charge in [-0.3, -0.25) is 9.59 Å². The number of benzene rings is 2. The lowest BCUT2D eigenvalue weighted by atomic mass is 9.71. The molecule has 6 heteroatoms. The molecule has 166 valence electrons. The molecule has 3 aromatic rings. The maximum atomic E-state index is 13.0. The molecular formula is C26H30N4O2. The summed E-state index contributed by atoms with van der Waals surface area (Å²) in [6.07, 6.45) is 5.88. The average Bonchev–Trinajstić information content (AvgIpc) is 3.29. The largest absolute Gasteiger partial charge is 0.349 e. The van der Waals surface area contributed by atoms with E-state index in [2.05, 4.69) is 10.3 Å². The number of nitrogens with one attached hydrogen (secondary N) is 1. The van der Waals surface area contributed by atoms with Crippen molar-refractivity contribution in [3.63, 3.8) is 0 Å². The van der Waals surface area contributed by atoms with Crippen LogP contribution in [0, 0.1) is 5.41 Å². The summed E-state index contributed by atoms with van der Waals surface area (Å²) in [5.74, 6) is 0.996. The number of carbonyl (C=O) groups excluding carboxylic acids is 2. The van der Waals surface area contributed by atoms with E-state index in [0.717, 1.165) is 53.7 Å². The summed E-state index contributed by atoms with van der Waals surface area (Å²) in [4.78, 5) is 32.6. The fourth-order valence-corrected chi connectivity index (χ4v) is 5.47. The Morgan fingerprint density at radius 3 is 2.59 bits per heavy atom. The highest BCUT2D eigenvalue weighted by Gasteiger charge is 2.39. The standard InChI is InChI=1S/C26H30N4O2/c1-29-22-12-6-5-11-21(22)28-23(29)16-27-24(31)15-26(13-7-2-8-14-26)18-30-17-19-9-3-4-10-20(19)25(30)32/h3-6,9-12H,2,7-8,13-18H2,1H3,(H,27,31). The van der Waals surface area contributed by atoms with E-state index in [1.165, 1.54) is 6.42 Å². The van der Waals surface area contributed by atoms with Crippen molar-refractivity contribution >= 4 is 22.8 Å². The number of carbonyl (C=O) groups is 2. The molecule has 2 amide bonds. The van der Waals surface area contributed by atoms with Gasteiger partial charge in [0.15, 0.2) is 0 Å². The number of amides is 2. The lowest BCUT2D eigenvalue weighted by molar-refractivity contribution is -0.124. The third-order valence-electron chi connectivity index (χ3n) is 7.20. The van der Waals surface area contributed by atoms with Gasteiger partial charge in [-0.15, -0.1) is 0 Å². The molecule has 6 nitrogen and oxygen atoms in total. The van der Waals surface area contributed by atoms with Crippen LogP contribution in [0.4, 0.5) is 0 Å². The Morgan fingerprint density at radius 1 is 1.06 bits per heavy atom. The van der Waals surface area contributed by atoms with Crippen LogP contribution in [0.3, 0.4) is 0 Å². The molecule has 2 heterocycles. The average molecular weight is 431 g/mol. The molecular weight excluding hydrogens is 400 g/mol. The summed E-state index contributed by atoms with van der Waals surface area (Å²) < 4.78 is 2.03. The van der Waals surface area contributed by atoms with Crippen molar-refractivity contribution in [1.82, 2.24) is 19.8 Å². The van der Waals surface area contributed by atoms with Gasteiger partial charge in [-0.25, -0.2) is 4.98 Å². The second-order valence-electron chi connectivity index (χ2n) is 9.41. The Labute approximate surface area is 188 Å². The van der Waals surface area contributed by atoms with Gasteiger partial charge in [0.2, 0.25) is 5.91 Å². The van der Waals surface area contributed by atoms with Gasteiger partial charge in [0.1, 0.15) is 5.82 Å². The molecule has 0 saturated heterocycles. The summed E-state index contributed by atoms with van der Waals surface area (Å²) in [7, 11) is 1.98. The molecule has 1 aliphatic heterocycles. The van der Waals surface area contributed by atoms with Gasteiger partial charge in [0.05, 0.1) is 17.6 Å². The van der Waals surface area contributed by atoms with Crippen molar-refractivity contribution in [3.8, 4) is 0 Å². The second kappa shape index (κ2) is 8.41. The molecule has 2 aliphatic rings. The van der Waals surface area contributed by atoms with Crippen molar-refractivity contribution in [3.05, 3.63) is 65.5 Å². The minimum atomic E-state index is -0.146. The van der Waals surface area contributed by atoms with Gasteiger partial charge in [0.25, 0.3) is 5.91 Å². The summed E-state index contributed by atoms with van der Waals surface area (Å²) in [5, 5.41) is 3.10. The maximum absolute atomic E-state index is 13.0. The number of hydrogen-bond donors (Lipinski definition) is 1. The Morgan fingerprint density at radius 2 is 1.81 bits per heavy atom. The number of aromatic nitrogens is 2. The molecule has 0 atom stereocenters. The van der Waals surface area contributed by atoms with E-state index in [4.69, 9.17) is 0 Å². The van der Waals surface area contributed by atoms with Crippen LogP contribution >= 0.6 is 0 Å². The molecule has 1 N–H and O–H groups in total. The van der Waals surface area contributed by atoms with Crippen molar-refractivity contribution in [2.75, 3.05) is 6.54 Å². The van der Waals surface area contributed by atoms with Crippen molar-refractivity contribution in [2.45, 2.75) is 51.6 Å². The van der Waals surface area contributed by atoms with E-state index in [9.17, 15) is 9.59 Å². The first-order chi connectivity index (χ1) is 15.5. The highest BCUT2D eigenvalue weighted by atomic mass is 16.2. The van der Waals surface area contributed by atoms with Gasteiger partial charge in [-0.05, 0) is 42.0 Å². The number of imidazole rings is 1. The number of fused-ring (bicyclic) bond motifs is 2. The third kappa shape index (κ3) is 3.90. The Bertz CT molecular complexity index is 1160. The Kier molecular flexibility index (Phi) is 5.45. The zero-order valence-electron chi connectivity index (χ0n) is 18.6. The van der Waals surface area contributed by atoms with Crippen LogP contribution in [0.15, 0.2) is 48.5 Å². The molecule has 1 saturated carbocycles. The molecule has 0 bridgehead atoms. The quantitative estimate of drug-likeness (QED) is 0.638. The van der Waals surface area contributed by atoms with E-state index >= 15 is 0 Å². The van der Waals surface area contributed by atoms with Crippen molar-refractivity contribution in [2.24, 2.45) is 12.5 Å². The first-order valence-corrected chi connectivity index (χ1v) is 11.6. The van der Waals surface area contributed by atoms with Crippen LogP contribution < -0.4 is 5.32 Å². The van der Waals surface area contributed by atoms with Crippen LogP contribution in [0.25, 0.3) is 11.0 Å². The molecule has 0 spiro atoms. The summed E-state index contributed by atoms with van der Waals surface area (Å²) in [6, 6.07) is 15.8. The van der Waals surface area contributed by atoms with Crippen LogP contribution in [-0.4, -0.2) is 32.8 Å². The Balaban J connectivity index is 1.27. The van der Waals surface area contributed by atoms with E-state index in [-0.39, 0.29) is 17.2 Å². The highest BCUT2D eigenvalue weighted by Crippen LogP contribution is 2.41. The maximum Gasteiger partial charge on any atom is 0.254 e. The fourth-order valence-electron chi connectivity index (χ4n) is 5.47. The molecule has 2 aromatic carbocycles. The lowest BCUT2D eigenvalue weighted by Crippen LogP contribution is -2.42. The van der Waals surface area contributed by atoms with E-state index in [0.29, 0.717) is 26.1 Å². The molecule has 0 unspecified atom stereocenters. The second-order valence-corrected chi connectivity index (χ2v) is 9.41. The van der Waals surface area contributed by atoms with Gasteiger partial charge < -0.3 is 14.8 Å². The first kappa shape index (κ1) is 20.7. The number of hydrogen-bond acceptors (Lipinski definition) is 3. The molecule has 1 fully saturated rings. The smallest absolute Gasteiger partial charge is 0.254 e. The van der Waals surface area contributed by atoms with Gasteiger partial charge in [0, 0.05) is 32.1 Å². The van der Waals surface area contributed by atoms with E-state index < -0.39 is 0 Å². The summed E-state index contributed by atoms with van der Waals surface area (Å²) in [6.45, 7) is 1.71. The number of aryl methyl sites for hydroxylation is 1. The predicted octanol–water partition coefficient (Wildman–Crippen LogP) is 4.19. The molecule has 5 rings (SSSR count). The number of nitrogens with zero attached hydrogens (tertiary/aromatic N) is 3. The minimum Gasteiger partial charge on any atom is -0.349 e. The van der Waals surface area contributed by atoms with E-state index in [1.807, 2.05) is 65.0 Å². The van der Waals surface area contributed by atoms with E-state index in [1.54, 1.807) is 0 Å². The molecule has 1 aromatic heterocycles. The molecule has 0 radical (unpaired) electrons. The fraction of sp³-hybridized carbons (Fsp3) is 0.423. The summed E-state index contributed by atoms with van der Waals surface area (Å²) >= 11 is 0. The van der Waals surface area contributed by atoms with Crippen LogP contribution in [0.2, 0.25) is 0 Å². The van der Waals surface area contributed by atoms with Gasteiger partial charge in [-0.2, -0.15) is 0 Å².